The number of nitrogens with one attached hydrogen (secondary N) is 1. The van der Waals surface area contributed by atoms with Crippen LogP contribution in [0, 0.1) is 27.7 Å². The normalized spacial score (nSPS) is 10.7. The number of carbonyl (C=O) groups is 1. The van der Waals surface area contributed by atoms with Gasteiger partial charge in [0.2, 0.25) is 0 Å². The highest BCUT2D eigenvalue weighted by molar-refractivity contribution is 6.07. The highest BCUT2D eigenvalue weighted by Crippen LogP contribution is 2.28. The first-order valence-corrected chi connectivity index (χ1v) is 9.01. The number of aryl methyl sites for hydroxylation is 4. The molecule has 3 aromatic rings. The summed E-state index contributed by atoms with van der Waals surface area (Å²) in [5, 5.41) is 0. The van der Waals surface area contributed by atoms with Crippen molar-refractivity contribution in [2.24, 2.45) is 0 Å². The summed E-state index contributed by atoms with van der Waals surface area (Å²) < 4.78 is 0. The Bertz CT molecular complexity index is 1020. The lowest BCUT2D eigenvalue weighted by molar-refractivity contribution is 0.0982. The van der Waals surface area contributed by atoms with Crippen LogP contribution < -0.4 is 10.3 Å². The topological polar surface area (TPSA) is 53.2 Å². The number of aromatic amines is 1. The summed E-state index contributed by atoms with van der Waals surface area (Å²) in [6.07, 6.45) is 0. The molecule has 1 N–H and O–H groups in total. The Labute approximate surface area is 159 Å². The molecule has 4 nitrogen and oxygen atoms in total. The van der Waals surface area contributed by atoms with Crippen LogP contribution in [0.2, 0.25) is 0 Å². The number of aromatic nitrogens is 1. The van der Waals surface area contributed by atoms with Gasteiger partial charge in [0, 0.05) is 17.5 Å². The molecule has 2 aromatic carbocycles. The van der Waals surface area contributed by atoms with Gasteiger partial charge in [0.05, 0.1) is 12.2 Å². The van der Waals surface area contributed by atoms with Crippen molar-refractivity contribution in [3.05, 3.63) is 98.5 Å². The molecule has 4 heteroatoms. The van der Waals surface area contributed by atoms with E-state index in [2.05, 4.69) is 4.98 Å². The highest BCUT2D eigenvalue weighted by atomic mass is 16.2. The second-order valence-corrected chi connectivity index (χ2v) is 6.93. The Balaban J connectivity index is 2.16. The minimum Gasteiger partial charge on any atom is -0.362 e. The zero-order chi connectivity index (χ0) is 19.6. The molecule has 0 spiro atoms. The number of para-hydroxylation sites is 1. The van der Waals surface area contributed by atoms with Crippen molar-refractivity contribution in [2.75, 3.05) is 4.90 Å². The van der Waals surface area contributed by atoms with Crippen LogP contribution in [-0.2, 0) is 6.54 Å². The number of rotatable bonds is 4. The minimum atomic E-state index is -0.282. The van der Waals surface area contributed by atoms with Crippen LogP contribution in [0.25, 0.3) is 0 Å². The van der Waals surface area contributed by atoms with Crippen molar-refractivity contribution in [1.29, 1.82) is 0 Å². The number of H-pyrrole nitrogens is 1. The van der Waals surface area contributed by atoms with E-state index in [0.29, 0.717) is 12.2 Å². The van der Waals surface area contributed by atoms with E-state index >= 15 is 0 Å². The monoisotopic (exact) mass is 360 g/mol. The second kappa shape index (κ2) is 7.62. The molecular formula is C23H24N2O2. The first-order chi connectivity index (χ1) is 12.9. The summed E-state index contributed by atoms with van der Waals surface area (Å²) in [5.41, 5.74) is 5.14. The molecule has 1 aromatic heterocycles. The third kappa shape index (κ3) is 3.85. The third-order valence-electron chi connectivity index (χ3n) is 4.71. The molecule has 3 rings (SSSR count). The molecule has 0 saturated heterocycles. The number of carbonyl (C=O) groups excluding carboxylic acids is 1. The molecule has 27 heavy (non-hydrogen) atoms. The summed E-state index contributed by atoms with van der Waals surface area (Å²) in [7, 11) is 0. The molecule has 0 aliphatic carbocycles. The van der Waals surface area contributed by atoms with E-state index in [0.717, 1.165) is 28.1 Å². The number of benzene rings is 2. The third-order valence-corrected chi connectivity index (χ3v) is 4.71. The molecule has 0 radical (unpaired) electrons. The van der Waals surface area contributed by atoms with Crippen molar-refractivity contribution < 1.29 is 4.79 Å². The predicted molar refractivity (Wildman–Crippen MR) is 109 cm³/mol. The standard InChI is InChI=1S/C23H24N2O2/c1-15-9-8-10-16(2)22(15)25(14-19-11-6-5-7-12-19)23(27)21-18(4)24-17(3)13-20(21)26/h5-13H,14H2,1-4H3,(H,24,26). The smallest absolute Gasteiger partial charge is 0.264 e. The molecule has 0 unspecified atom stereocenters. The maximum absolute atomic E-state index is 13.5. The Hall–Kier alpha value is -3.14. The quantitative estimate of drug-likeness (QED) is 0.747. The number of amides is 1. The van der Waals surface area contributed by atoms with E-state index in [4.69, 9.17) is 0 Å². The Morgan fingerprint density at radius 3 is 2.15 bits per heavy atom. The number of nitrogens with zero attached hydrogens (tertiary/aromatic N) is 1. The van der Waals surface area contributed by atoms with E-state index in [1.807, 2.05) is 69.3 Å². The largest absolute Gasteiger partial charge is 0.362 e. The molecule has 1 heterocycles. The first kappa shape index (κ1) is 18.6. The summed E-state index contributed by atoms with van der Waals surface area (Å²) in [5.74, 6) is -0.282. The van der Waals surface area contributed by atoms with Crippen molar-refractivity contribution in [3.63, 3.8) is 0 Å². The molecule has 0 aliphatic heterocycles. The highest BCUT2D eigenvalue weighted by Gasteiger charge is 2.25. The van der Waals surface area contributed by atoms with Crippen LogP contribution in [0.4, 0.5) is 5.69 Å². The lowest BCUT2D eigenvalue weighted by Crippen LogP contribution is -2.36. The average molecular weight is 360 g/mol. The van der Waals surface area contributed by atoms with Crippen LogP contribution in [0.1, 0.15) is 38.4 Å². The fourth-order valence-corrected chi connectivity index (χ4v) is 3.50. The maximum Gasteiger partial charge on any atom is 0.264 e. The van der Waals surface area contributed by atoms with Gasteiger partial charge in [-0.3, -0.25) is 9.59 Å². The van der Waals surface area contributed by atoms with Crippen molar-refractivity contribution in [1.82, 2.24) is 4.98 Å². The van der Waals surface area contributed by atoms with Gasteiger partial charge in [-0.15, -0.1) is 0 Å². The number of pyridine rings is 1. The van der Waals surface area contributed by atoms with Gasteiger partial charge in [0.1, 0.15) is 5.56 Å². The van der Waals surface area contributed by atoms with Gasteiger partial charge in [-0.2, -0.15) is 0 Å². The fourth-order valence-electron chi connectivity index (χ4n) is 3.50. The molecule has 138 valence electrons. The Kier molecular flexibility index (Phi) is 5.26. The van der Waals surface area contributed by atoms with E-state index < -0.39 is 0 Å². The molecular weight excluding hydrogens is 336 g/mol. The van der Waals surface area contributed by atoms with Gasteiger partial charge < -0.3 is 9.88 Å². The number of hydrogen-bond donors (Lipinski definition) is 1. The first-order valence-electron chi connectivity index (χ1n) is 9.01. The molecule has 0 atom stereocenters. The summed E-state index contributed by atoms with van der Waals surface area (Å²) in [6, 6.07) is 17.2. The van der Waals surface area contributed by atoms with Crippen LogP contribution >= 0.6 is 0 Å². The van der Waals surface area contributed by atoms with Gasteiger partial charge in [-0.25, -0.2) is 0 Å². The van der Waals surface area contributed by atoms with Crippen molar-refractivity contribution in [2.45, 2.75) is 34.2 Å². The van der Waals surface area contributed by atoms with Gasteiger partial charge in [0.15, 0.2) is 5.43 Å². The molecule has 0 fully saturated rings. The zero-order valence-corrected chi connectivity index (χ0v) is 16.2. The Morgan fingerprint density at radius 2 is 1.56 bits per heavy atom. The van der Waals surface area contributed by atoms with Crippen LogP contribution in [0.5, 0.6) is 0 Å². The summed E-state index contributed by atoms with van der Waals surface area (Å²) >= 11 is 0. The van der Waals surface area contributed by atoms with E-state index in [9.17, 15) is 9.59 Å². The zero-order valence-electron chi connectivity index (χ0n) is 16.2. The van der Waals surface area contributed by atoms with E-state index in [-0.39, 0.29) is 16.9 Å². The van der Waals surface area contributed by atoms with Gasteiger partial charge in [0.25, 0.3) is 5.91 Å². The number of anilines is 1. The molecule has 0 bridgehead atoms. The summed E-state index contributed by atoms with van der Waals surface area (Å²) in [6.45, 7) is 7.96. The van der Waals surface area contributed by atoms with Crippen molar-refractivity contribution in [3.8, 4) is 0 Å². The Morgan fingerprint density at radius 1 is 0.926 bits per heavy atom. The number of hydrogen-bond acceptors (Lipinski definition) is 2. The maximum atomic E-state index is 13.5. The van der Waals surface area contributed by atoms with Gasteiger partial charge >= 0.3 is 0 Å². The van der Waals surface area contributed by atoms with E-state index in [1.54, 1.807) is 11.8 Å². The van der Waals surface area contributed by atoms with Gasteiger partial charge in [-0.1, -0.05) is 48.5 Å². The SMILES string of the molecule is Cc1cc(=O)c(C(=O)N(Cc2ccccc2)c2c(C)cccc2C)c(C)[nH]1. The van der Waals surface area contributed by atoms with Crippen LogP contribution in [0.3, 0.4) is 0 Å². The molecule has 0 saturated carbocycles. The van der Waals surface area contributed by atoms with E-state index in [1.165, 1.54) is 6.07 Å². The lowest BCUT2D eigenvalue weighted by atomic mass is 10.0. The second-order valence-electron chi connectivity index (χ2n) is 6.93. The summed E-state index contributed by atoms with van der Waals surface area (Å²) in [4.78, 5) is 30.9. The van der Waals surface area contributed by atoms with Crippen LogP contribution in [0.15, 0.2) is 59.4 Å². The van der Waals surface area contributed by atoms with Crippen LogP contribution in [-0.4, -0.2) is 10.9 Å². The fraction of sp³-hybridized carbons (Fsp3) is 0.217. The molecule has 0 aliphatic rings. The predicted octanol–water partition coefficient (Wildman–Crippen LogP) is 4.46. The van der Waals surface area contributed by atoms with Gasteiger partial charge in [-0.05, 0) is 44.4 Å². The average Bonchev–Trinajstić information content (AvgIpc) is 2.60. The van der Waals surface area contributed by atoms with Crippen molar-refractivity contribution >= 4 is 11.6 Å². The lowest BCUT2D eigenvalue weighted by Gasteiger charge is -2.27. The minimum absolute atomic E-state index is 0.194. The molecule has 1 amide bonds.